The first-order valence-electron chi connectivity index (χ1n) is 6.03. The molecular weight excluding hydrogens is 238 g/mol. The van der Waals surface area contributed by atoms with Crippen LogP contribution < -0.4 is 5.32 Å². The molecule has 1 heterocycles. The second-order valence-electron chi connectivity index (χ2n) is 5.02. The van der Waals surface area contributed by atoms with E-state index < -0.39 is 5.54 Å². The molecule has 1 amide bonds. The van der Waals surface area contributed by atoms with Crippen LogP contribution in [0, 0.1) is 18.3 Å². The summed E-state index contributed by atoms with van der Waals surface area (Å²) >= 11 is 0. The summed E-state index contributed by atoms with van der Waals surface area (Å²) in [5.74, 6) is -0.256. The third-order valence-electron chi connectivity index (χ3n) is 2.79. The SMILES string of the molecule is Cc1cc(C(=O)NC(C)(C)C#N)c2ccccc2n1. The second-order valence-corrected chi connectivity index (χ2v) is 5.02. The number of hydrogen-bond donors (Lipinski definition) is 1. The van der Waals surface area contributed by atoms with Gasteiger partial charge in [-0.25, -0.2) is 0 Å². The summed E-state index contributed by atoms with van der Waals surface area (Å²) in [6, 6.07) is 11.3. The summed E-state index contributed by atoms with van der Waals surface area (Å²) < 4.78 is 0. The Bertz CT molecular complexity index is 683. The van der Waals surface area contributed by atoms with Gasteiger partial charge in [0.1, 0.15) is 5.54 Å². The number of pyridine rings is 1. The Morgan fingerprint density at radius 1 is 1.37 bits per heavy atom. The van der Waals surface area contributed by atoms with Crippen molar-refractivity contribution in [3.63, 3.8) is 0 Å². The quantitative estimate of drug-likeness (QED) is 0.894. The molecule has 1 N–H and O–H groups in total. The van der Waals surface area contributed by atoms with Gasteiger partial charge in [-0.2, -0.15) is 5.26 Å². The van der Waals surface area contributed by atoms with Crippen molar-refractivity contribution in [2.45, 2.75) is 26.3 Å². The van der Waals surface area contributed by atoms with Gasteiger partial charge in [0.2, 0.25) is 0 Å². The molecule has 0 unspecified atom stereocenters. The van der Waals surface area contributed by atoms with E-state index in [1.54, 1.807) is 19.9 Å². The molecule has 4 heteroatoms. The zero-order valence-corrected chi connectivity index (χ0v) is 11.2. The molecule has 0 atom stereocenters. The predicted octanol–water partition coefficient (Wildman–Crippen LogP) is 2.58. The fraction of sp³-hybridized carbons (Fsp3) is 0.267. The van der Waals surface area contributed by atoms with Crippen molar-refractivity contribution in [3.8, 4) is 6.07 Å². The topological polar surface area (TPSA) is 65.8 Å². The standard InChI is InChI=1S/C15H15N3O/c1-10-8-12(14(19)18-15(2,3)9-16)11-6-4-5-7-13(11)17-10/h4-8H,1-3H3,(H,18,19). The summed E-state index contributed by atoms with van der Waals surface area (Å²) in [5, 5.41) is 12.5. The molecule has 0 saturated heterocycles. The Labute approximate surface area is 112 Å². The Morgan fingerprint density at radius 2 is 2.05 bits per heavy atom. The van der Waals surface area contributed by atoms with Gasteiger partial charge < -0.3 is 5.32 Å². The first-order valence-corrected chi connectivity index (χ1v) is 6.03. The molecule has 0 bridgehead atoms. The van der Waals surface area contributed by atoms with Crippen LogP contribution in [0.5, 0.6) is 0 Å². The highest BCUT2D eigenvalue weighted by Gasteiger charge is 2.21. The van der Waals surface area contributed by atoms with E-state index in [4.69, 9.17) is 5.26 Å². The number of hydrogen-bond acceptors (Lipinski definition) is 3. The number of nitriles is 1. The van der Waals surface area contributed by atoms with Crippen LogP contribution in [0.25, 0.3) is 10.9 Å². The molecule has 1 aromatic heterocycles. The van der Waals surface area contributed by atoms with Crippen LogP contribution in [-0.2, 0) is 0 Å². The smallest absolute Gasteiger partial charge is 0.253 e. The number of nitrogens with one attached hydrogen (secondary N) is 1. The van der Waals surface area contributed by atoms with E-state index in [0.717, 1.165) is 16.6 Å². The highest BCUT2D eigenvalue weighted by Crippen LogP contribution is 2.18. The number of fused-ring (bicyclic) bond motifs is 1. The third-order valence-corrected chi connectivity index (χ3v) is 2.79. The molecule has 0 saturated carbocycles. The van der Waals surface area contributed by atoms with E-state index in [9.17, 15) is 4.79 Å². The maximum absolute atomic E-state index is 12.3. The van der Waals surface area contributed by atoms with Crippen molar-refractivity contribution >= 4 is 16.8 Å². The monoisotopic (exact) mass is 253 g/mol. The summed E-state index contributed by atoms with van der Waals surface area (Å²) in [4.78, 5) is 16.7. The molecule has 2 aromatic rings. The number of aromatic nitrogens is 1. The van der Waals surface area contributed by atoms with Crippen LogP contribution in [0.3, 0.4) is 0 Å². The van der Waals surface area contributed by atoms with E-state index in [2.05, 4.69) is 16.4 Å². The number of carbonyl (C=O) groups is 1. The molecule has 0 aliphatic heterocycles. The Morgan fingerprint density at radius 3 is 2.74 bits per heavy atom. The van der Waals surface area contributed by atoms with E-state index in [0.29, 0.717) is 5.56 Å². The Balaban J connectivity index is 2.51. The number of amides is 1. The van der Waals surface area contributed by atoms with Crippen LogP contribution in [0.15, 0.2) is 30.3 Å². The van der Waals surface area contributed by atoms with E-state index >= 15 is 0 Å². The highest BCUT2D eigenvalue weighted by atomic mass is 16.1. The molecule has 19 heavy (non-hydrogen) atoms. The van der Waals surface area contributed by atoms with Crippen LogP contribution in [0.1, 0.15) is 29.9 Å². The zero-order valence-electron chi connectivity index (χ0n) is 11.2. The van der Waals surface area contributed by atoms with Gasteiger partial charge in [-0.15, -0.1) is 0 Å². The summed E-state index contributed by atoms with van der Waals surface area (Å²) in [5.41, 5.74) is 1.21. The molecule has 1 aromatic carbocycles. The average Bonchev–Trinajstić information content (AvgIpc) is 2.37. The molecule has 4 nitrogen and oxygen atoms in total. The number of rotatable bonds is 2. The summed E-state index contributed by atoms with van der Waals surface area (Å²) in [6.07, 6.45) is 0. The van der Waals surface area contributed by atoms with Gasteiger partial charge in [0.25, 0.3) is 5.91 Å². The fourth-order valence-electron chi connectivity index (χ4n) is 1.87. The molecule has 2 rings (SSSR count). The predicted molar refractivity (Wildman–Crippen MR) is 73.6 cm³/mol. The van der Waals surface area contributed by atoms with Crippen LogP contribution in [0.2, 0.25) is 0 Å². The fourth-order valence-corrected chi connectivity index (χ4v) is 1.87. The van der Waals surface area contributed by atoms with Gasteiger partial charge in [-0.1, -0.05) is 18.2 Å². The maximum atomic E-state index is 12.3. The molecule has 0 spiro atoms. The minimum atomic E-state index is -0.893. The summed E-state index contributed by atoms with van der Waals surface area (Å²) in [6.45, 7) is 5.18. The maximum Gasteiger partial charge on any atom is 0.253 e. The number of carbonyl (C=O) groups excluding carboxylic acids is 1. The normalized spacial score (nSPS) is 11.1. The van der Waals surface area contributed by atoms with Gasteiger partial charge in [0, 0.05) is 11.1 Å². The molecule has 0 aliphatic carbocycles. The van der Waals surface area contributed by atoms with Gasteiger partial charge in [0.05, 0.1) is 17.1 Å². The third kappa shape index (κ3) is 2.71. The minimum Gasteiger partial charge on any atom is -0.334 e. The Hall–Kier alpha value is -2.41. The number of nitrogens with zero attached hydrogens (tertiary/aromatic N) is 2. The average molecular weight is 253 g/mol. The van der Waals surface area contributed by atoms with Crippen LogP contribution in [-0.4, -0.2) is 16.4 Å². The zero-order chi connectivity index (χ0) is 14.0. The van der Waals surface area contributed by atoms with Crippen molar-refractivity contribution in [3.05, 3.63) is 41.6 Å². The van der Waals surface area contributed by atoms with E-state index in [1.165, 1.54) is 0 Å². The minimum absolute atomic E-state index is 0.256. The number of benzene rings is 1. The first kappa shape index (κ1) is 13.0. The van der Waals surface area contributed by atoms with Gasteiger partial charge in [0.15, 0.2) is 0 Å². The lowest BCUT2D eigenvalue weighted by atomic mass is 10.0. The molecule has 0 fully saturated rings. The molecule has 0 radical (unpaired) electrons. The molecule has 96 valence electrons. The van der Waals surface area contributed by atoms with Crippen molar-refractivity contribution in [2.75, 3.05) is 0 Å². The Kier molecular flexibility index (Phi) is 3.22. The van der Waals surface area contributed by atoms with Crippen LogP contribution in [0.4, 0.5) is 0 Å². The van der Waals surface area contributed by atoms with Gasteiger partial charge in [-0.05, 0) is 32.9 Å². The largest absolute Gasteiger partial charge is 0.334 e. The number of para-hydroxylation sites is 1. The molecular formula is C15H15N3O. The van der Waals surface area contributed by atoms with Crippen LogP contribution >= 0.6 is 0 Å². The van der Waals surface area contributed by atoms with Crippen molar-refractivity contribution in [1.29, 1.82) is 5.26 Å². The lowest BCUT2D eigenvalue weighted by Crippen LogP contribution is -2.42. The number of aryl methyl sites for hydroxylation is 1. The van der Waals surface area contributed by atoms with Crippen molar-refractivity contribution < 1.29 is 4.79 Å². The lowest BCUT2D eigenvalue weighted by Gasteiger charge is -2.18. The van der Waals surface area contributed by atoms with E-state index in [-0.39, 0.29) is 5.91 Å². The highest BCUT2D eigenvalue weighted by molar-refractivity contribution is 6.06. The van der Waals surface area contributed by atoms with Crippen molar-refractivity contribution in [2.24, 2.45) is 0 Å². The van der Waals surface area contributed by atoms with Gasteiger partial charge in [-0.3, -0.25) is 9.78 Å². The first-order chi connectivity index (χ1) is 8.93. The lowest BCUT2D eigenvalue weighted by molar-refractivity contribution is 0.0931. The second kappa shape index (κ2) is 4.69. The molecule has 0 aliphatic rings. The summed E-state index contributed by atoms with van der Waals surface area (Å²) in [7, 11) is 0. The van der Waals surface area contributed by atoms with Gasteiger partial charge >= 0.3 is 0 Å². The van der Waals surface area contributed by atoms with Crippen molar-refractivity contribution in [1.82, 2.24) is 10.3 Å². The van der Waals surface area contributed by atoms with E-state index in [1.807, 2.05) is 31.2 Å².